The van der Waals surface area contributed by atoms with Crippen LogP contribution in [-0.4, -0.2) is 28.8 Å². The monoisotopic (exact) mass is 457 g/mol. The highest BCUT2D eigenvalue weighted by molar-refractivity contribution is 9.10. The minimum Gasteiger partial charge on any atom is -0.395 e. The molecular formula is C18H18BrF2N3O4. The number of aromatic nitrogens is 1. The molecule has 1 aromatic heterocycles. The van der Waals surface area contributed by atoms with Gasteiger partial charge in [0, 0.05) is 17.2 Å². The number of rotatable bonds is 8. The molecule has 1 aromatic carbocycles. The van der Waals surface area contributed by atoms with Crippen LogP contribution < -0.4 is 16.4 Å². The van der Waals surface area contributed by atoms with Gasteiger partial charge in [-0.2, -0.15) is 4.39 Å². The molecule has 10 heteroatoms. The Bertz CT molecular complexity index is 947. The number of hydrogen-bond donors (Lipinski definition) is 3. The zero-order valence-corrected chi connectivity index (χ0v) is 16.3. The van der Waals surface area contributed by atoms with E-state index < -0.39 is 35.4 Å². The second-order valence-corrected chi connectivity index (χ2v) is 7.30. The highest BCUT2D eigenvalue weighted by atomic mass is 79.9. The quantitative estimate of drug-likeness (QED) is 0.530. The third kappa shape index (κ3) is 4.75. The Hall–Kier alpha value is -2.30. The summed E-state index contributed by atoms with van der Waals surface area (Å²) in [5.74, 6) is -2.39. The molecule has 0 bridgehead atoms. The molecule has 3 N–H and O–H groups in total. The van der Waals surface area contributed by atoms with E-state index in [0.717, 1.165) is 29.7 Å². The Kier molecular flexibility index (Phi) is 6.42. The summed E-state index contributed by atoms with van der Waals surface area (Å²) in [5, 5.41) is 11.5. The van der Waals surface area contributed by atoms with Gasteiger partial charge in [0.05, 0.1) is 30.2 Å². The lowest BCUT2D eigenvalue weighted by Gasteiger charge is -2.16. The van der Waals surface area contributed by atoms with Crippen molar-refractivity contribution in [1.29, 1.82) is 0 Å². The minimum absolute atomic E-state index is 0.116. The number of aliphatic hydroxyl groups excluding tert-OH is 1. The molecule has 1 heterocycles. The molecule has 0 saturated heterocycles. The van der Waals surface area contributed by atoms with Crippen LogP contribution in [0.5, 0.6) is 0 Å². The largest absolute Gasteiger partial charge is 0.395 e. The number of carbonyl (C=O) groups excluding carboxylic acids is 1. The number of benzene rings is 1. The molecule has 1 aliphatic carbocycles. The van der Waals surface area contributed by atoms with Crippen molar-refractivity contribution in [3.8, 4) is 0 Å². The number of nitrogens with one attached hydrogen (secondary N) is 2. The summed E-state index contributed by atoms with van der Waals surface area (Å²) in [6, 6.07) is 4.02. The van der Waals surface area contributed by atoms with Crippen molar-refractivity contribution in [2.24, 2.45) is 5.92 Å². The molecule has 3 rings (SSSR count). The van der Waals surface area contributed by atoms with Gasteiger partial charge < -0.3 is 15.0 Å². The van der Waals surface area contributed by atoms with Gasteiger partial charge in [0.15, 0.2) is 0 Å². The predicted octanol–water partition coefficient (Wildman–Crippen LogP) is 2.70. The van der Waals surface area contributed by atoms with Crippen LogP contribution in [0.1, 0.15) is 23.2 Å². The number of hydrogen-bond acceptors (Lipinski definition) is 5. The van der Waals surface area contributed by atoms with Crippen LogP contribution in [0.3, 0.4) is 0 Å². The lowest BCUT2D eigenvalue weighted by atomic mass is 10.2. The maximum absolute atomic E-state index is 14.7. The van der Waals surface area contributed by atoms with Crippen LogP contribution in [-0.2, 0) is 11.4 Å². The number of anilines is 2. The Morgan fingerprint density at radius 3 is 2.75 bits per heavy atom. The fourth-order valence-corrected chi connectivity index (χ4v) is 2.82. The first-order chi connectivity index (χ1) is 13.4. The summed E-state index contributed by atoms with van der Waals surface area (Å²) >= 11 is 3.12. The molecule has 0 atom stereocenters. The van der Waals surface area contributed by atoms with Gasteiger partial charge in [-0.1, -0.05) is 15.9 Å². The van der Waals surface area contributed by atoms with Crippen molar-refractivity contribution < 1.29 is 23.5 Å². The molecule has 28 heavy (non-hydrogen) atoms. The molecule has 7 nitrogen and oxygen atoms in total. The molecule has 2 aromatic rings. The van der Waals surface area contributed by atoms with Crippen molar-refractivity contribution in [1.82, 2.24) is 10.0 Å². The molecule has 0 unspecified atom stereocenters. The summed E-state index contributed by atoms with van der Waals surface area (Å²) in [4.78, 5) is 29.8. The normalized spacial score (nSPS) is 13.4. The smallest absolute Gasteiger partial charge is 0.288 e. The maximum Gasteiger partial charge on any atom is 0.288 e. The van der Waals surface area contributed by atoms with Gasteiger partial charge in [0.25, 0.3) is 11.5 Å². The third-order valence-electron chi connectivity index (χ3n) is 4.18. The Balaban J connectivity index is 1.96. The topological polar surface area (TPSA) is 92.6 Å². The molecular weight excluding hydrogens is 440 g/mol. The molecule has 150 valence electrons. The first kappa shape index (κ1) is 20.4. The first-order valence-corrected chi connectivity index (χ1v) is 9.38. The van der Waals surface area contributed by atoms with Crippen molar-refractivity contribution in [2.45, 2.75) is 19.4 Å². The Morgan fingerprint density at radius 1 is 1.36 bits per heavy atom. The van der Waals surface area contributed by atoms with Gasteiger partial charge in [-0.15, -0.1) is 0 Å². The Morgan fingerprint density at radius 2 is 2.11 bits per heavy atom. The number of carbonyl (C=O) groups is 1. The summed E-state index contributed by atoms with van der Waals surface area (Å²) in [7, 11) is 0. The first-order valence-electron chi connectivity index (χ1n) is 8.58. The van der Waals surface area contributed by atoms with E-state index in [-0.39, 0.29) is 17.8 Å². The number of pyridine rings is 1. The van der Waals surface area contributed by atoms with Crippen molar-refractivity contribution in [2.75, 3.05) is 18.5 Å². The number of aliphatic hydroxyl groups is 1. The Labute approximate surface area is 167 Å². The van der Waals surface area contributed by atoms with E-state index in [2.05, 4.69) is 26.7 Å². The highest BCUT2D eigenvalue weighted by Gasteiger charge is 2.24. The van der Waals surface area contributed by atoms with Crippen LogP contribution in [0.4, 0.5) is 20.2 Å². The van der Waals surface area contributed by atoms with E-state index in [1.165, 1.54) is 12.1 Å². The second kappa shape index (κ2) is 8.80. The SMILES string of the molecule is O=C(NOCC1CC1)c1cn(CCO)c(=O)c(F)c1Nc1ccc(Br)cc1F. The molecule has 0 aliphatic heterocycles. The molecule has 1 aliphatic rings. The van der Waals surface area contributed by atoms with Crippen molar-refractivity contribution >= 4 is 33.2 Å². The fourth-order valence-electron chi connectivity index (χ4n) is 2.49. The molecule has 1 fully saturated rings. The van der Waals surface area contributed by atoms with Crippen LogP contribution in [0.25, 0.3) is 0 Å². The standard InChI is InChI=1S/C18H18BrF2N3O4/c19-11-3-4-14(13(20)7-11)22-16-12(17(26)23-28-9-10-1-2-10)8-24(5-6-25)18(27)15(16)21/h3-4,7-8,10,22,25H,1-2,5-6,9H2,(H,23,26). The summed E-state index contributed by atoms with van der Waals surface area (Å²) in [6.07, 6.45) is 3.12. The van der Waals surface area contributed by atoms with Crippen molar-refractivity contribution in [3.05, 3.63) is 56.4 Å². The summed E-state index contributed by atoms with van der Waals surface area (Å²) in [5.41, 5.74) is 0.305. The average Bonchev–Trinajstić information content (AvgIpc) is 3.47. The zero-order chi connectivity index (χ0) is 20.3. The van der Waals surface area contributed by atoms with E-state index in [0.29, 0.717) is 17.0 Å². The van der Waals surface area contributed by atoms with Gasteiger partial charge in [0.2, 0.25) is 5.82 Å². The second-order valence-electron chi connectivity index (χ2n) is 6.39. The van der Waals surface area contributed by atoms with Crippen LogP contribution >= 0.6 is 15.9 Å². The van der Waals surface area contributed by atoms with Crippen LogP contribution in [0, 0.1) is 17.6 Å². The summed E-state index contributed by atoms with van der Waals surface area (Å²) in [6.45, 7) is -0.298. The molecule has 0 radical (unpaired) electrons. The lowest BCUT2D eigenvalue weighted by molar-refractivity contribution is 0.0270. The molecule has 0 spiro atoms. The number of nitrogens with zero attached hydrogens (tertiary/aromatic N) is 1. The van der Waals surface area contributed by atoms with E-state index in [1.807, 2.05) is 0 Å². The fraction of sp³-hybridized carbons (Fsp3) is 0.333. The average molecular weight is 458 g/mol. The van der Waals surface area contributed by atoms with Gasteiger partial charge in [0.1, 0.15) is 5.82 Å². The van der Waals surface area contributed by atoms with Gasteiger partial charge in [-0.25, -0.2) is 9.87 Å². The third-order valence-corrected chi connectivity index (χ3v) is 4.67. The van der Waals surface area contributed by atoms with Crippen LogP contribution in [0.2, 0.25) is 0 Å². The number of hydroxylamine groups is 1. The zero-order valence-electron chi connectivity index (χ0n) is 14.7. The summed E-state index contributed by atoms with van der Waals surface area (Å²) < 4.78 is 30.2. The van der Waals surface area contributed by atoms with Crippen molar-refractivity contribution in [3.63, 3.8) is 0 Å². The highest BCUT2D eigenvalue weighted by Crippen LogP contribution is 2.29. The molecule has 1 saturated carbocycles. The maximum atomic E-state index is 14.7. The van der Waals surface area contributed by atoms with E-state index in [4.69, 9.17) is 9.94 Å². The van der Waals surface area contributed by atoms with E-state index in [9.17, 15) is 18.4 Å². The van der Waals surface area contributed by atoms with E-state index in [1.54, 1.807) is 0 Å². The number of halogens is 3. The van der Waals surface area contributed by atoms with Gasteiger partial charge in [-0.3, -0.25) is 14.4 Å². The van der Waals surface area contributed by atoms with Gasteiger partial charge >= 0.3 is 0 Å². The molecule has 1 amide bonds. The number of amides is 1. The lowest BCUT2D eigenvalue weighted by Crippen LogP contribution is -2.31. The van der Waals surface area contributed by atoms with Gasteiger partial charge in [-0.05, 0) is 37.0 Å². The predicted molar refractivity (Wildman–Crippen MR) is 101 cm³/mol. The van der Waals surface area contributed by atoms with Crippen LogP contribution in [0.15, 0.2) is 33.7 Å². The van der Waals surface area contributed by atoms with E-state index >= 15 is 0 Å². The minimum atomic E-state index is -1.27.